The van der Waals surface area contributed by atoms with Gasteiger partial charge in [0.1, 0.15) is 5.82 Å². The molecule has 0 aliphatic heterocycles. The van der Waals surface area contributed by atoms with E-state index in [1.165, 1.54) is 12.8 Å². The maximum atomic E-state index is 8.90. The lowest BCUT2D eigenvalue weighted by Crippen LogP contribution is -2.30. The molecule has 1 fully saturated rings. The van der Waals surface area contributed by atoms with Gasteiger partial charge in [0.2, 0.25) is 0 Å². The Morgan fingerprint density at radius 1 is 1.61 bits per heavy atom. The van der Waals surface area contributed by atoms with Gasteiger partial charge in [0.15, 0.2) is 5.84 Å². The maximum absolute atomic E-state index is 8.90. The van der Waals surface area contributed by atoms with Crippen LogP contribution in [0.5, 0.6) is 0 Å². The highest BCUT2D eigenvalue weighted by molar-refractivity contribution is 6.02. The first-order chi connectivity index (χ1) is 8.58. The lowest BCUT2D eigenvalue weighted by atomic mass is 10.2. The zero-order chi connectivity index (χ0) is 13.3. The molecule has 0 unspecified atom stereocenters. The molecule has 1 aromatic heterocycles. The molecule has 3 N–H and O–H groups in total. The Kier molecular flexibility index (Phi) is 3.45. The first kappa shape index (κ1) is 12.7. The van der Waals surface area contributed by atoms with Crippen LogP contribution in [0, 0.1) is 12.8 Å². The van der Waals surface area contributed by atoms with Crippen molar-refractivity contribution in [3.8, 4) is 0 Å². The highest BCUT2D eigenvalue weighted by atomic mass is 16.4. The van der Waals surface area contributed by atoms with Crippen molar-refractivity contribution in [2.45, 2.75) is 26.7 Å². The molecular formula is C12H21N5O. The van der Waals surface area contributed by atoms with Gasteiger partial charge in [-0.1, -0.05) is 5.16 Å². The first-order valence-electron chi connectivity index (χ1n) is 6.34. The number of rotatable bonds is 5. The molecule has 6 heteroatoms. The number of nitrogens with zero attached hydrogens (tertiary/aromatic N) is 4. The zero-order valence-electron chi connectivity index (χ0n) is 11.2. The van der Waals surface area contributed by atoms with Crippen molar-refractivity contribution < 1.29 is 5.21 Å². The summed E-state index contributed by atoms with van der Waals surface area (Å²) < 4.78 is 1.81. The predicted molar refractivity (Wildman–Crippen MR) is 71.1 cm³/mol. The molecule has 1 aliphatic carbocycles. The monoisotopic (exact) mass is 251 g/mol. The molecule has 0 spiro atoms. The average molecular weight is 251 g/mol. The Bertz CT molecular complexity index is 461. The van der Waals surface area contributed by atoms with Gasteiger partial charge >= 0.3 is 0 Å². The Hall–Kier alpha value is -1.72. The average Bonchev–Trinajstić information content (AvgIpc) is 3.11. The summed E-state index contributed by atoms with van der Waals surface area (Å²) in [6.07, 6.45) is 2.60. The van der Waals surface area contributed by atoms with Crippen molar-refractivity contribution in [1.82, 2.24) is 9.78 Å². The van der Waals surface area contributed by atoms with E-state index in [0.29, 0.717) is 0 Å². The molecule has 0 radical (unpaired) electrons. The highest BCUT2D eigenvalue weighted by Gasteiger charge is 2.28. The molecule has 0 bridgehead atoms. The van der Waals surface area contributed by atoms with E-state index in [1.54, 1.807) is 0 Å². The highest BCUT2D eigenvalue weighted by Crippen LogP contribution is 2.32. The standard InChI is InChI=1S/C12H21N5O/c1-4-17(7-9-5-6-9)12-10(11(13)15-18)8(2)14-16(12)3/h9,18H,4-7H2,1-3H3,(H2,13,15). The third kappa shape index (κ3) is 2.27. The molecule has 1 aromatic rings. The maximum Gasteiger partial charge on any atom is 0.175 e. The van der Waals surface area contributed by atoms with E-state index < -0.39 is 0 Å². The van der Waals surface area contributed by atoms with Gasteiger partial charge in [-0.3, -0.25) is 4.68 Å². The van der Waals surface area contributed by atoms with Crippen LogP contribution in [-0.2, 0) is 7.05 Å². The topological polar surface area (TPSA) is 79.7 Å². The Labute approximate surface area is 107 Å². The lowest BCUT2D eigenvalue weighted by Gasteiger charge is -2.24. The second-order valence-electron chi connectivity index (χ2n) is 4.87. The largest absolute Gasteiger partial charge is 0.409 e. The molecule has 1 aliphatic rings. The number of hydrogen-bond acceptors (Lipinski definition) is 4. The number of nitrogens with two attached hydrogens (primary N) is 1. The number of oxime groups is 1. The van der Waals surface area contributed by atoms with Gasteiger partial charge < -0.3 is 15.8 Å². The van der Waals surface area contributed by atoms with Gasteiger partial charge in [0.25, 0.3) is 0 Å². The molecule has 0 saturated heterocycles. The van der Waals surface area contributed by atoms with Gasteiger partial charge in [0, 0.05) is 20.1 Å². The van der Waals surface area contributed by atoms with Crippen molar-refractivity contribution in [3.05, 3.63) is 11.3 Å². The van der Waals surface area contributed by atoms with Gasteiger partial charge in [-0.05, 0) is 32.6 Å². The first-order valence-corrected chi connectivity index (χ1v) is 6.34. The van der Waals surface area contributed by atoms with E-state index in [2.05, 4.69) is 22.1 Å². The normalized spacial score (nSPS) is 16.1. The molecule has 0 atom stereocenters. The van der Waals surface area contributed by atoms with Gasteiger partial charge in [0.05, 0.1) is 11.3 Å². The predicted octanol–water partition coefficient (Wildman–Crippen LogP) is 1.06. The van der Waals surface area contributed by atoms with Crippen molar-refractivity contribution in [2.24, 2.45) is 23.9 Å². The van der Waals surface area contributed by atoms with Crippen molar-refractivity contribution in [3.63, 3.8) is 0 Å². The summed E-state index contributed by atoms with van der Waals surface area (Å²) >= 11 is 0. The molecular weight excluding hydrogens is 230 g/mol. The van der Waals surface area contributed by atoms with Crippen LogP contribution in [0.15, 0.2) is 5.16 Å². The molecule has 2 rings (SSSR count). The fourth-order valence-electron chi connectivity index (χ4n) is 2.34. The number of amidine groups is 1. The summed E-state index contributed by atoms with van der Waals surface area (Å²) in [5.74, 6) is 1.85. The fraction of sp³-hybridized carbons (Fsp3) is 0.667. The summed E-state index contributed by atoms with van der Waals surface area (Å²) in [7, 11) is 1.89. The molecule has 18 heavy (non-hydrogen) atoms. The van der Waals surface area contributed by atoms with Gasteiger partial charge in [-0.15, -0.1) is 0 Å². The van der Waals surface area contributed by atoms with Crippen LogP contribution < -0.4 is 10.6 Å². The van der Waals surface area contributed by atoms with E-state index in [1.807, 2.05) is 18.7 Å². The molecule has 1 saturated carbocycles. The molecule has 100 valence electrons. The van der Waals surface area contributed by atoms with Crippen molar-refractivity contribution in [1.29, 1.82) is 0 Å². The van der Waals surface area contributed by atoms with Crippen LogP contribution in [-0.4, -0.2) is 33.9 Å². The number of aryl methyl sites for hydroxylation is 2. The summed E-state index contributed by atoms with van der Waals surface area (Å²) in [6.45, 7) is 5.89. The number of aromatic nitrogens is 2. The Morgan fingerprint density at radius 2 is 2.28 bits per heavy atom. The quantitative estimate of drug-likeness (QED) is 0.355. The number of hydrogen-bond donors (Lipinski definition) is 2. The molecule has 6 nitrogen and oxygen atoms in total. The van der Waals surface area contributed by atoms with E-state index in [9.17, 15) is 0 Å². The SMILES string of the molecule is CCN(CC1CC1)c1c(C(N)=NO)c(C)nn1C. The van der Waals surface area contributed by atoms with Gasteiger partial charge in [-0.2, -0.15) is 5.10 Å². The second-order valence-corrected chi connectivity index (χ2v) is 4.87. The zero-order valence-corrected chi connectivity index (χ0v) is 11.2. The third-order valence-corrected chi connectivity index (χ3v) is 3.41. The van der Waals surface area contributed by atoms with E-state index >= 15 is 0 Å². The lowest BCUT2D eigenvalue weighted by molar-refractivity contribution is 0.318. The minimum absolute atomic E-state index is 0.129. The van der Waals surface area contributed by atoms with Crippen LogP contribution >= 0.6 is 0 Å². The van der Waals surface area contributed by atoms with Crippen molar-refractivity contribution >= 4 is 11.7 Å². The van der Waals surface area contributed by atoms with Crippen LogP contribution in [0.25, 0.3) is 0 Å². The summed E-state index contributed by atoms with van der Waals surface area (Å²) in [5, 5.41) is 16.4. The van der Waals surface area contributed by atoms with Crippen LogP contribution in [0.1, 0.15) is 31.0 Å². The minimum atomic E-state index is 0.129. The molecule has 0 aromatic carbocycles. The number of anilines is 1. The van der Waals surface area contributed by atoms with Crippen LogP contribution in [0.4, 0.5) is 5.82 Å². The Morgan fingerprint density at radius 3 is 2.78 bits per heavy atom. The Balaban J connectivity index is 2.39. The smallest absolute Gasteiger partial charge is 0.175 e. The third-order valence-electron chi connectivity index (χ3n) is 3.41. The summed E-state index contributed by atoms with van der Waals surface area (Å²) in [5.41, 5.74) is 7.30. The fourth-order valence-corrected chi connectivity index (χ4v) is 2.34. The van der Waals surface area contributed by atoms with Crippen LogP contribution in [0.3, 0.4) is 0 Å². The van der Waals surface area contributed by atoms with Crippen LogP contribution in [0.2, 0.25) is 0 Å². The van der Waals surface area contributed by atoms with E-state index in [4.69, 9.17) is 10.9 Å². The molecule has 1 heterocycles. The van der Waals surface area contributed by atoms with E-state index in [0.717, 1.165) is 36.1 Å². The van der Waals surface area contributed by atoms with Gasteiger partial charge in [-0.25, -0.2) is 0 Å². The summed E-state index contributed by atoms with van der Waals surface area (Å²) in [4.78, 5) is 2.26. The molecule has 0 amide bonds. The van der Waals surface area contributed by atoms with E-state index in [-0.39, 0.29) is 5.84 Å². The minimum Gasteiger partial charge on any atom is -0.409 e. The summed E-state index contributed by atoms with van der Waals surface area (Å²) in [6, 6.07) is 0. The second kappa shape index (κ2) is 4.88. The van der Waals surface area contributed by atoms with Crippen molar-refractivity contribution in [2.75, 3.05) is 18.0 Å².